The number of nitrogens with one attached hydrogen (secondary N) is 1. The molecule has 3 N–H and O–H groups in total. The number of nitrogens with zero attached hydrogens (tertiary/aromatic N) is 1. The highest BCUT2D eigenvalue weighted by atomic mass is 35.5. The summed E-state index contributed by atoms with van der Waals surface area (Å²) >= 11 is 1.35. The average molecular weight is 358 g/mol. The van der Waals surface area contributed by atoms with Crippen molar-refractivity contribution in [3.63, 3.8) is 0 Å². The number of methoxy groups -OCH3 is 2. The number of thiazole rings is 1. The van der Waals surface area contributed by atoms with Crippen LogP contribution in [0, 0.1) is 0 Å². The minimum Gasteiger partial charge on any atom is -0.497 e. The Morgan fingerprint density at radius 3 is 2.74 bits per heavy atom. The van der Waals surface area contributed by atoms with Crippen molar-refractivity contribution in [2.75, 3.05) is 19.5 Å². The van der Waals surface area contributed by atoms with Gasteiger partial charge in [-0.1, -0.05) is 0 Å². The van der Waals surface area contributed by atoms with Crippen molar-refractivity contribution in [3.8, 4) is 22.8 Å². The fourth-order valence-corrected chi connectivity index (χ4v) is 2.66. The van der Waals surface area contributed by atoms with Crippen LogP contribution in [0.4, 0.5) is 5.13 Å². The molecule has 0 spiro atoms. The van der Waals surface area contributed by atoms with E-state index in [1.54, 1.807) is 21.1 Å². The highest BCUT2D eigenvalue weighted by Gasteiger charge is 2.13. The molecule has 1 heterocycles. The molecule has 6 nitrogen and oxygen atoms in total. The molecule has 0 saturated heterocycles. The van der Waals surface area contributed by atoms with Crippen molar-refractivity contribution in [1.82, 2.24) is 4.98 Å². The van der Waals surface area contributed by atoms with Gasteiger partial charge >= 0.3 is 0 Å². The van der Waals surface area contributed by atoms with Crippen LogP contribution in [-0.4, -0.2) is 31.2 Å². The Hall–Kier alpha value is -1.83. The van der Waals surface area contributed by atoms with Crippen LogP contribution in [-0.2, 0) is 4.79 Å². The molecule has 0 aliphatic heterocycles. The number of aromatic nitrogens is 1. The van der Waals surface area contributed by atoms with Crippen LogP contribution in [0.5, 0.6) is 11.5 Å². The van der Waals surface area contributed by atoms with E-state index in [9.17, 15) is 4.79 Å². The first-order valence-electron chi connectivity index (χ1n) is 6.77. The van der Waals surface area contributed by atoms with E-state index in [1.165, 1.54) is 11.3 Å². The van der Waals surface area contributed by atoms with E-state index in [0.29, 0.717) is 16.6 Å². The second kappa shape index (κ2) is 8.71. The lowest BCUT2D eigenvalue weighted by atomic mass is 10.1. The van der Waals surface area contributed by atoms with Crippen LogP contribution in [0.3, 0.4) is 0 Å². The fourth-order valence-electron chi connectivity index (χ4n) is 1.93. The van der Waals surface area contributed by atoms with Crippen molar-refractivity contribution < 1.29 is 14.3 Å². The van der Waals surface area contributed by atoms with Crippen molar-refractivity contribution in [1.29, 1.82) is 0 Å². The van der Waals surface area contributed by atoms with E-state index in [0.717, 1.165) is 11.3 Å². The van der Waals surface area contributed by atoms with Crippen LogP contribution in [0.2, 0.25) is 0 Å². The van der Waals surface area contributed by atoms with Gasteiger partial charge in [0, 0.05) is 23.4 Å². The lowest BCUT2D eigenvalue weighted by Crippen LogP contribution is -2.23. The summed E-state index contributed by atoms with van der Waals surface area (Å²) in [6.07, 6.45) is 0.261. The first-order chi connectivity index (χ1) is 10.5. The van der Waals surface area contributed by atoms with Gasteiger partial charge in [0.25, 0.3) is 0 Å². The summed E-state index contributed by atoms with van der Waals surface area (Å²) < 4.78 is 10.6. The second-order valence-corrected chi connectivity index (χ2v) is 5.69. The summed E-state index contributed by atoms with van der Waals surface area (Å²) in [5.41, 5.74) is 7.14. The third-order valence-electron chi connectivity index (χ3n) is 2.94. The molecule has 2 aromatic rings. The number of carbonyl (C=O) groups is 1. The van der Waals surface area contributed by atoms with E-state index >= 15 is 0 Å². The van der Waals surface area contributed by atoms with E-state index < -0.39 is 0 Å². The summed E-state index contributed by atoms with van der Waals surface area (Å²) in [4.78, 5) is 16.1. The van der Waals surface area contributed by atoms with Crippen LogP contribution >= 0.6 is 23.7 Å². The topological polar surface area (TPSA) is 86.5 Å². The second-order valence-electron chi connectivity index (χ2n) is 4.83. The third kappa shape index (κ3) is 5.09. The number of hydrogen-bond donors (Lipinski definition) is 2. The number of carbonyl (C=O) groups excluding carboxylic acids is 1. The lowest BCUT2D eigenvalue weighted by molar-refractivity contribution is -0.116. The number of halogens is 1. The Balaban J connectivity index is 0.00000264. The molecule has 1 amide bonds. The van der Waals surface area contributed by atoms with Gasteiger partial charge in [-0.2, -0.15) is 0 Å². The maximum absolute atomic E-state index is 11.7. The van der Waals surface area contributed by atoms with Crippen LogP contribution in [0.15, 0.2) is 23.6 Å². The first-order valence-corrected chi connectivity index (χ1v) is 7.64. The molecule has 0 saturated carbocycles. The molecule has 23 heavy (non-hydrogen) atoms. The van der Waals surface area contributed by atoms with Gasteiger partial charge in [0.1, 0.15) is 11.5 Å². The summed E-state index contributed by atoms with van der Waals surface area (Å²) in [7, 11) is 3.20. The molecule has 1 aromatic carbocycles. The molecule has 1 atom stereocenters. The average Bonchev–Trinajstić information content (AvgIpc) is 2.93. The molecule has 0 bridgehead atoms. The molecule has 0 radical (unpaired) electrons. The highest BCUT2D eigenvalue weighted by molar-refractivity contribution is 7.14. The summed E-state index contributed by atoms with van der Waals surface area (Å²) in [5.74, 6) is 1.26. The van der Waals surface area contributed by atoms with Crippen LogP contribution in [0.25, 0.3) is 11.3 Å². The van der Waals surface area contributed by atoms with E-state index in [1.807, 2.05) is 23.6 Å². The van der Waals surface area contributed by atoms with Gasteiger partial charge in [0.05, 0.1) is 19.9 Å². The number of anilines is 1. The zero-order chi connectivity index (χ0) is 16.1. The predicted octanol–water partition coefficient (Wildman–Crippen LogP) is 2.92. The molecular formula is C15H20ClN3O3S. The Morgan fingerprint density at radius 2 is 2.13 bits per heavy atom. The van der Waals surface area contributed by atoms with Gasteiger partial charge in [-0.15, -0.1) is 23.7 Å². The largest absolute Gasteiger partial charge is 0.497 e. The first kappa shape index (κ1) is 19.2. The van der Waals surface area contributed by atoms with Crippen molar-refractivity contribution >= 4 is 34.8 Å². The molecule has 2 rings (SSSR count). The van der Waals surface area contributed by atoms with E-state index in [-0.39, 0.29) is 30.8 Å². The zero-order valence-electron chi connectivity index (χ0n) is 13.2. The molecule has 0 fully saturated rings. The maximum atomic E-state index is 11.7. The number of benzene rings is 1. The van der Waals surface area contributed by atoms with E-state index in [2.05, 4.69) is 10.3 Å². The Kier molecular flexibility index (Phi) is 7.28. The van der Waals surface area contributed by atoms with Gasteiger partial charge in [-0.3, -0.25) is 4.79 Å². The molecule has 0 aliphatic carbocycles. The number of hydrogen-bond acceptors (Lipinski definition) is 6. The normalized spacial score (nSPS) is 11.3. The summed E-state index contributed by atoms with van der Waals surface area (Å²) in [6.45, 7) is 1.79. The SMILES string of the molecule is COc1ccc(OC)c(-c2csc(NC(=O)CC(C)N)n2)c1.Cl. The summed E-state index contributed by atoms with van der Waals surface area (Å²) in [6, 6.07) is 5.31. The Bertz CT molecular complexity index is 661. The molecule has 8 heteroatoms. The number of ether oxygens (including phenoxy) is 2. The minimum absolute atomic E-state index is 0. The monoisotopic (exact) mass is 357 g/mol. The van der Waals surface area contributed by atoms with Crippen LogP contribution in [0.1, 0.15) is 13.3 Å². The number of nitrogens with two attached hydrogens (primary N) is 1. The smallest absolute Gasteiger partial charge is 0.227 e. The summed E-state index contributed by atoms with van der Waals surface area (Å²) in [5, 5.41) is 5.14. The Morgan fingerprint density at radius 1 is 1.39 bits per heavy atom. The van der Waals surface area contributed by atoms with Crippen LogP contribution < -0.4 is 20.5 Å². The predicted molar refractivity (Wildman–Crippen MR) is 94.8 cm³/mol. The third-order valence-corrected chi connectivity index (χ3v) is 3.70. The van der Waals surface area contributed by atoms with Gasteiger partial charge in [0.2, 0.25) is 5.91 Å². The number of amides is 1. The molecule has 126 valence electrons. The van der Waals surface area contributed by atoms with Gasteiger partial charge in [-0.05, 0) is 25.1 Å². The molecule has 0 aliphatic rings. The maximum Gasteiger partial charge on any atom is 0.227 e. The lowest BCUT2D eigenvalue weighted by Gasteiger charge is -2.08. The van der Waals surface area contributed by atoms with Crippen molar-refractivity contribution in [2.24, 2.45) is 5.73 Å². The number of rotatable bonds is 6. The fraction of sp³-hybridized carbons (Fsp3) is 0.333. The quantitative estimate of drug-likeness (QED) is 0.830. The van der Waals surface area contributed by atoms with Gasteiger partial charge in [0.15, 0.2) is 5.13 Å². The zero-order valence-corrected chi connectivity index (χ0v) is 14.8. The highest BCUT2D eigenvalue weighted by Crippen LogP contribution is 2.34. The minimum atomic E-state index is -0.182. The van der Waals surface area contributed by atoms with E-state index in [4.69, 9.17) is 15.2 Å². The molecule has 1 unspecified atom stereocenters. The van der Waals surface area contributed by atoms with Gasteiger partial charge in [-0.25, -0.2) is 4.98 Å². The molecular weight excluding hydrogens is 338 g/mol. The molecule has 1 aromatic heterocycles. The standard InChI is InChI=1S/C15H19N3O3S.ClH/c1-9(16)6-14(19)18-15-17-12(8-22-15)11-7-10(20-2)4-5-13(11)21-3;/h4-5,7-9H,6,16H2,1-3H3,(H,17,18,19);1H. The Labute approximate surface area is 145 Å². The van der Waals surface area contributed by atoms with Gasteiger partial charge < -0.3 is 20.5 Å². The van der Waals surface area contributed by atoms with Crippen molar-refractivity contribution in [2.45, 2.75) is 19.4 Å². The van der Waals surface area contributed by atoms with Crippen molar-refractivity contribution in [3.05, 3.63) is 23.6 Å².